The van der Waals surface area contributed by atoms with Gasteiger partial charge < -0.3 is 10.1 Å². The van der Waals surface area contributed by atoms with E-state index in [9.17, 15) is 4.79 Å². The van der Waals surface area contributed by atoms with Crippen LogP contribution in [-0.2, 0) is 17.6 Å². The lowest BCUT2D eigenvalue weighted by Crippen LogP contribution is -2.26. The highest BCUT2D eigenvalue weighted by Gasteiger charge is 2.20. The van der Waals surface area contributed by atoms with E-state index >= 15 is 0 Å². The molecule has 1 aromatic rings. The van der Waals surface area contributed by atoms with Crippen LogP contribution in [-0.4, -0.2) is 26.2 Å². The Morgan fingerprint density at radius 1 is 1.65 bits per heavy atom. The number of fused-ring (bicyclic) bond motifs is 1. The quantitative estimate of drug-likeness (QED) is 0.836. The fourth-order valence-electron chi connectivity index (χ4n) is 2.17. The lowest BCUT2D eigenvalue weighted by Gasteiger charge is -2.16. The average molecular weight is 253 g/mol. The number of hydrogen-bond acceptors (Lipinski definition) is 3. The van der Waals surface area contributed by atoms with Gasteiger partial charge in [0, 0.05) is 18.5 Å². The Hall–Kier alpha value is -0.870. The van der Waals surface area contributed by atoms with E-state index in [1.165, 1.54) is 16.9 Å². The van der Waals surface area contributed by atoms with Crippen molar-refractivity contribution in [2.24, 2.45) is 5.92 Å². The normalized spacial score (nSPS) is 18.8. The largest absolute Gasteiger partial charge is 0.383 e. The molecule has 17 heavy (non-hydrogen) atoms. The lowest BCUT2D eigenvalue weighted by atomic mass is 9.90. The maximum absolute atomic E-state index is 11.9. The van der Waals surface area contributed by atoms with E-state index in [1.807, 2.05) is 0 Å². The van der Waals surface area contributed by atoms with Crippen molar-refractivity contribution in [2.45, 2.75) is 26.2 Å². The fraction of sp³-hybridized carbons (Fsp3) is 0.615. The Morgan fingerprint density at radius 3 is 3.24 bits per heavy atom. The molecular formula is C13H19NO2S. The Labute approximate surface area is 106 Å². The number of carbonyl (C=O) groups excluding carboxylic acids is 1. The van der Waals surface area contributed by atoms with Gasteiger partial charge in [-0.1, -0.05) is 6.92 Å². The molecule has 0 saturated carbocycles. The molecule has 94 valence electrons. The van der Waals surface area contributed by atoms with Crippen LogP contribution in [0.15, 0.2) is 6.07 Å². The molecule has 1 aliphatic carbocycles. The molecule has 1 atom stereocenters. The molecule has 0 bridgehead atoms. The predicted molar refractivity (Wildman–Crippen MR) is 69.7 cm³/mol. The monoisotopic (exact) mass is 253 g/mol. The van der Waals surface area contributed by atoms with E-state index in [2.05, 4.69) is 18.3 Å². The van der Waals surface area contributed by atoms with Crippen molar-refractivity contribution in [3.05, 3.63) is 21.4 Å². The highest BCUT2D eigenvalue weighted by atomic mass is 32.1. The molecule has 1 N–H and O–H groups in total. The van der Waals surface area contributed by atoms with Crippen LogP contribution >= 0.6 is 11.3 Å². The summed E-state index contributed by atoms with van der Waals surface area (Å²) in [5, 5.41) is 2.87. The number of methoxy groups -OCH3 is 1. The molecule has 3 nitrogen and oxygen atoms in total. The fourth-order valence-corrected chi connectivity index (χ4v) is 3.30. The number of nitrogens with one attached hydrogen (secondary N) is 1. The SMILES string of the molecule is COCCNC(=O)c1cc2c(s1)CC[C@@H](C)C2. The van der Waals surface area contributed by atoms with Gasteiger partial charge in [0.1, 0.15) is 0 Å². The van der Waals surface area contributed by atoms with Crippen molar-refractivity contribution >= 4 is 17.2 Å². The number of carbonyl (C=O) groups is 1. The molecule has 0 saturated heterocycles. The first-order valence-corrected chi connectivity index (χ1v) is 6.91. The van der Waals surface area contributed by atoms with Gasteiger partial charge in [-0.3, -0.25) is 4.79 Å². The maximum atomic E-state index is 11.9. The first-order chi connectivity index (χ1) is 8.20. The second-order valence-electron chi connectivity index (χ2n) is 4.66. The van der Waals surface area contributed by atoms with E-state index in [-0.39, 0.29) is 5.91 Å². The zero-order valence-electron chi connectivity index (χ0n) is 10.4. The molecule has 1 aliphatic rings. The van der Waals surface area contributed by atoms with E-state index in [4.69, 9.17) is 4.74 Å². The molecule has 1 aromatic heterocycles. The zero-order chi connectivity index (χ0) is 12.3. The van der Waals surface area contributed by atoms with Crippen molar-refractivity contribution in [3.8, 4) is 0 Å². The van der Waals surface area contributed by atoms with Crippen molar-refractivity contribution in [3.63, 3.8) is 0 Å². The third-order valence-corrected chi connectivity index (χ3v) is 4.38. The van der Waals surface area contributed by atoms with Crippen LogP contribution in [0.2, 0.25) is 0 Å². The van der Waals surface area contributed by atoms with Gasteiger partial charge in [-0.15, -0.1) is 11.3 Å². The molecule has 2 rings (SSSR count). The third-order valence-electron chi connectivity index (χ3n) is 3.14. The number of aryl methyl sites for hydroxylation is 1. The number of ether oxygens (including phenoxy) is 1. The molecule has 1 heterocycles. The van der Waals surface area contributed by atoms with Gasteiger partial charge in [0.25, 0.3) is 5.91 Å². The molecular weight excluding hydrogens is 234 g/mol. The smallest absolute Gasteiger partial charge is 0.261 e. The van der Waals surface area contributed by atoms with Crippen molar-refractivity contribution in [1.29, 1.82) is 0 Å². The van der Waals surface area contributed by atoms with Gasteiger partial charge in [-0.25, -0.2) is 0 Å². The second kappa shape index (κ2) is 5.65. The summed E-state index contributed by atoms with van der Waals surface area (Å²) in [5.74, 6) is 0.788. The summed E-state index contributed by atoms with van der Waals surface area (Å²) in [7, 11) is 1.64. The molecule has 4 heteroatoms. The summed E-state index contributed by atoms with van der Waals surface area (Å²) in [6, 6.07) is 2.07. The van der Waals surface area contributed by atoms with E-state index in [0.29, 0.717) is 13.2 Å². The molecule has 0 spiro atoms. The van der Waals surface area contributed by atoms with Crippen molar-refractivity contribution in [1.82, 2.24) is 5.32 Å². The molecule has 0 aromatic carbocycles. The zero-order valence-corrected chi connectivity index (χ0v) is 11.2. The van der Waals surface area contributed by atoms with Crippen LogP contribution in [0.4, 0.5) is 0 Å². The van der Waals surface area contributed by atoms with Crippen LogP contribution in [0.25, 0.3) is 0 Å². The van der Waals surface area contributed by atoms with Gasteiger partial charge in [-0.05, 0) is 36.8 Å². The number of rotatable bonds is 4. The van der Waals surface area contributed by atoms with Crippen LogP contribution in [0.1, 0.15) is 33.5 Å². The van der Waals surface area contributed by atoms with Crippen LogP contribution in [0, 0.1) is 5.92 Å². The Kier molecular flexibility index (Phi) is 4.18. The average Bonchev–Trinajstić information content (AvgIpc) is 2.72. The summed E-state index contributed by atoms with van der Waals surface area (Å²) in [6.45, 7) is 3.42. The topological polar surface area (TPSA) is 38.3 Å². The maximum Gasteiger partial charge on any atom is 0.261 e. The Balaban J connectivity index is 2.00. The molecule has 1 amide bonds. The van der Waals surface area contributed by atoms with Gasteiger partial charge in [0.05, 0.1) is 11.5 Å². The lowest BCUT2D eigenvalue weighted by molar-refractivity contribution is 0.0941. The molecule has 0 unspecified atom stereocenters. The Morgan fingerprint density at radius 2 is 2.47 bits per heavy atom. The van der Waals surface area contributed by atoms with Gasteiger partial charge in [0.2, 0.25) is 0 Å². The summed E-state index contributed by atoms with van der Waals surface area (Å²) in [4.78, 5) is 14.1. The number of hydrogen-bond donors (Lipinski definition) is 1. The minimum absolute atomic E-state index is 0.0362. The Bertz CT molecular complexity index is 400. The summed E-state index contributed by atoms with van der Waals surface area (Å²) >= 11 is 1.65. The molecule has 0 aliphatic heterocycles. The van der Waals surface area contributed by atoms with Gasteiger partial charge >= 0.3 is 0 Å². The van der Waals surface area contributed by atoms with Crippen LogP contribution in [0.5, 0.6) is 0 Å². The van der Waals surface area contributed by atoms with Gasteiger partial charge in [-0.2, -0.15) is 0 Å². The van der Waals surface area contributed by atoms with Crippen molar-refractivity contribution in [2.75, 3.05) is 20.3 Å². The first-order valence-electron chi connectivity index (χ1n) is 6.09. The van der Waals surface area contributed by atoms with E-state index < -0.39 is 0 Å². The van der Waals surface area contributed by atoms with E-state index in [1.54, 1.807) is 18.4 Å². The third kappa shape index (κ3) is 3.07. The van der Waals surface area contributed by atoms with Crippen molar-refractivity contribution < 1.29 is 9.53 Å². The second-order valence-corrected chi connectivity index (χ2v) is 5.79. The number of amides is 1. The minimum atomic E-state index is 0.0362. The minimum Gasteiger partial charge on any atom is -0.383 e. The molecule has 0 radical (unpaired) electrons. The summed E-state index contributed by atoms with van der Waals surface area (Å²) in [6.07, 6.45) is 3.50. The first kappa shape index (κ1) is 12.6. The highest BCUT2D eigenvalue weighted by molar-refractivity contribution is 7.14. The summed E-state index contributed by atoms with van der Waals surface area (Å²) < 4.78 is 4.91. The number of thiophene rings is 1. The standard InChI is InChI=1S/C13H19NO2S/c1-9-3-4-11-10(7-9)8-12(17-11)13(15)14-5-6-16-2/h8-9H,3-7H2,1-2H3,(H,14,15)/t9-/m1/s1. The molecule has 0 fully saturated rings. The van der Waals surface area contributed by atoms with Gasteiger partial charge in [0.15, 0.2) is 0 Å². The predicted octanol–water partition coefficient (Wildman–Crippen LogP) is 2.25. The van der Waals surface area contributed by atoms with Crippen LogP contribution in [0.3, 0.4) is 0 Å². The summed E-state index contributed by atoms with van der Waals surface area (Å²) in [5.41, 5.74) is 1.38. The van der Waals surface area contributed by atoms with Crippen LogP contribution < -0.4 is 5.32 Å². The highest BCUT2D eigenvalue weighted by Crippen LogP contribution is 2.32. The van der Waals surface area contributed by atoms with E-state index in [0.717, 1.165) is 23.6 Å².